The molecule has 1 saturated carbocycles. The van der Waals surface area contributed by atoms with E-state index in [1.807, 2.05) is 12.1 Å². The smallest absolute Gasteiger partial charge is 0.123 e. The number of benzene rings is 1. The van der Waals surface area contributed by atoms with Crippen LogP contribution in [0.5, 0.6) is 5.75 Å². The Hall–Kier alpha value is -1.50. The van der Waals surface area contributed by atoms with E-state index in [9.17, 15) is 0 Å². The summed E-state index contributed by atoms with van der Waals surface area (Å²) in [6, 6.07) is 6.72. The molecule has 0 unspecified atom stereocenters. The molecule has 0 saturated heterocycles. The van der Waals surface area contributed by atoms with Crippen LogP contribution in [0.1, 0.15) is 37.8 Å². The average molecular weight is 287 g/mol. The van der Waals surface area contributed by atoms with E-state index < -0.39 is 0 Å². The molecule has 0 bridgehead atoms. The van der Waals surface area contributed by atoms with Gasteiger partial charge in [-0.1, -0.05) is 25.7 Å². The van der Waals surface area contributed by atoms with Crippen molar-refractivity contribution in [3.8, 4) is 17.6 Å². The van der Waals surface area contributed by atoms with E-state index in [4.69, 9.17) is 9.84 Å². The third-order valence-electron chi connectivity index (χ3n) is 3.63. The molecule has 0 spiro atoms. The standard InChI is InChI=1S/C18H25NO2/c1-14(2)12-19(17-7-8-17)13-16-11-15(5-4-10-20)6-9-18(16)21-3/h6,9,11,14,17,20H,7-8,10,12-13H2,1-3H3. The fourth-order valence-electron chi connectivity index (χ4n) is 2.59. The summed E-state index contributed by atoms with van der Waals surface area (Å²) < 4.78 is 5.49. The molecule has 1 N–H and O–H groups in total. The second kappa shape index (κ2) is 7.49. The molecule has 114 valence electrons. The molecule has 1 aliphatic rings. The monoisotopic (exact) mass is 287 g/mol. The third kappa shape index (κ3) is 4.77. The predicted molar refractivity (Wildman–Crippen MR) is 85.2 cm³/mol. The van der Waals surface area contributed by atoms with Crippen LogP contribution in [-0.2, 0) is 6.54 Å². The van der Waals surface area contributed by atoms with Gasteiger partial charge in [0.25, 0.3) is 0 Å². The number of ether oxygens (including phenoxy) is 1. The molecule has 0 aromatic heterocycles. The van der Waals surface area contributed by atoms with Crippen LogP contribution in [0.3, 0.4) is 0 Å². The Balaban J connectivity index is 2.18. The van der Waals surface area contributed by atoms with Gasteiger partial charge in [0.05, 0.1) is 7.11 Å². The second-order valence-corrected chi connectivity index (χ2v) is 6.04. The van der Waals surface area contributed by atoms with Gasteiger partial charge in [0.15, 0.2) is 0 Å². The van der Waals surface area contributed by atoms with Crippen LogP contribution in [0, 0.1) is 17.8 Å². The molecule has 3 nitrogen and oxygen atoms in total. The maximum absolute atomic E-state index is 8.82. The Morgan fingerprint density at radius 1 is 1.38 bits per heavy atom. The van der Waals surface area contributed by atoms with Gasteiger partial charge in [0.1, 0.15) is 12.4 Å². The predicted octanol–water partition coefficient (Wildman–Crippen LogP) is 2.66. The molecule has 21 heavy (non-hydrogen) atoms. The van der Waals surface area contributed by atoms with E-state index >= 15 is 0 Å². The van der Waals surface area contributed by atoms with E-state index in [2.05, 4.69) is 36.7 Å². The maximum Gasteiger partial charge on any atom is 0.123 e. The van der Waals surface area contributed by atoms with E-state index in [1.165, 1.54) is 18.4 Å². The van der Waals surface area contributed by atoms with Crippen molar-refractivity contribution < 1.29 is 9.84 Å². The third-order valence-corrected chi connectivity index (χ3v) is 3.63. The summed E-state index contributed by atoms with van der Waals surface area (Å²) in [6.07, 6.45) is 2.61. The zero-order chi connectivity index (χ0) is 15.2. The van der Waals surface area contributed by atoms with Gasteiger partial charge in [0, 0.05) is 30.3 Å². The van der Waals surface area contributed by atoms with Gasteiger partial charge in [-0.05, 0) is 37.0 Å². The second-order valence-electron chi connectivity index (χ2n) is 6.04. The topological polar surface area (TPSA) is 32.7 Å². The van der Waals surface area contributed by atoms with Gasteiger partial charge in [-0.2, -0.15) is 0 Å². The lowest BCUT2D eigenvalue weighted by Gasteiger charge is -2.25. The highest BCUT2D eigenvalue weighted by molar-refractivity contribution is 5.44. The molecule has 0 heterocycles. The molecule has 0 radical (unpaired) electrons. The number of hydrogen-bond donors (Lipinski definition) is 1. The molecule has 0 atom stereocenters. The number of aliphatic hydroxyl groups excluding tert-OH is 1. The van der Waals surface area contributed by atoms with Crippen molar-refractivity contribution in [3.63, 3.8) is 0 Å². The number of methoxy groups -OCH3 is 1. The molecule has 1 aliphatic carbocycles. The lowest BCUT2D eigenvalue weighted by Crippen LogP contribution is -2.29. The van der Waals surface area contributed by atoms with Crippen LogP contribution in [0.15, 0.2) is 18.2 Å². The summed E-state index contributed by atoms with van der Waals surface area (Å²) in [7, 11) is 1.71. The summed E-state index contributed by atoms with van der Waals surface area (Å²) in [4.78, 5) is 2.55. The summed E-state index contributed by atoms with van der Waals surface area (Å²) >= 11 is 0. The fourth-order valence-corrected chi connectivity index (χ4v) is 2.59. The van der Waals surface area contributed by atoms with E-state index in [-0.39, 0.29) is 6.61 Å². The van der Waals surface area contributed by atoms with Gasteiger partial charge in [-0.3, -0.25) is 4.90 Å². The van der Waals surface area contributed by atoms with Gasteiger partial charge in [0.2, 0.25) is 0 Å². The first-order valence-corrected chi connectivity index (χ1v) is 7.64. The molecule has 0 aliphatic heterocycles. The van der Waals surface area contributed by atoms with Crippen molar-refractivity contribution >= 4 is 0 Å². The summed E-state index contributed by atoms with van der Waals surface area (Å²) in [5.41, 5.74) is 2.11. The van der Waals surface area contributed by atoms with Gasteiger partial charge >= 0.3 is 0 Å². The molecule has 2 rings (SSSR count). The molecule has 1 aromatic rings. The number of hydrogen-bond acceptors (Lipinski definition) is 3. The van der Waals surface area contributed by atoms with Crippen molar-refractivity contribution in [1.82, 2.24) is 4.90 Å². The van der Waals surface area contributed by atoms with E-state index in [0.717, 1.165) is 30.4 Å². The first-order chi connectivity index (χ1) is 10.1. The molecular formula is C18H25NO2. The first-order valence-electron chi connectivity index (χ1n) is 7.64. The largest absolute Gasteiger partial charge is 0.496 e. The minimum Gasteiger partial charge on any atom is -0.496 e. The van der Waals surface area contributed by atoms with Gasteiger partial charge in [-0.15, -0.1) is 0 Å². The maximum atomic E-state index is 8.82. The van der Waals surface area contributed by atoms with Crippen LogP contribution >= 0.6 is 0 Å². The molecule has 3 heteroatoms. The van der Waals surface area contributed by atoms with Gasteiger partial charge < -0.3 is 9.84 Å². The normalized spacial score (nSPS) is 14.2. The van der Waals surface area contributed by atoms with Crippen LogP contribution < -0.4 is 4.74 Å². The molecule has 1 aromatic carbocycles. The summed E-state index contributed by atoms with van der Waals surface area (Å²) in [5, 5.41) is 8.82. The van der Waals surface area contributed by atoms with Crippen LogP contribution in [-0.4, -0.2) is 36.3 Å². The average Bonchev–Trinajstić information content (AvgIpc) is 3.28. The Kier molecular flexibility index (Phi) is 5.67. The zero-order valence-corrected chi connectivity index (χ0v) is 13.2. The Morgan fingerprint density at radius 3 is 2.71 bits per heavy atom. The highest BCUT2D eigenvalue weighted by Crippen LogP contribution is 2.31. The zero-order valence-electron chi connectivity index (χ0n) is 13.2. The highest BCUT2D eigenvalue weighted by Gasteiger charge is 2.29. The van der Waals surface area contributed by atoms with Gasteiger partial charge in [-0.25, -0.2) is 0 Å². The minimum atomic E-state index is -0.108. The number of aliphatic hydroxyl groups is 1. The van der Waals surface area contributed by atoms with Crippen molar-refractivity contribution in [2.45, 2.75) is 39.3 Å². The highest BCUT2D eigenvalue weighted by atomic mass is 16.5. The summed E-state index contributed by atoms with van der Waals surface area (Å²) in [5.74, 6) is 7.25. The lowest BCUT2D eigenvalue weighted by molar-refractivity contribution is 0.223. The lowest BCUT2D eigenvalue weighted by atomic mass is 10.1. The molecule has 0 amide bonds. The van der Waals surface area contributed by atoms with Crippen LogP contribution in [0.4, 0.5) is 0 Å². The van der Waals surface area contributed by atoms with Crippen LogP contribution in [0.25, 0.3) is 0 Å². The number of nitrogens with zero attached hydrogens (tertiary/aromatic N) is 1. The van der Waals surface area contributed by atoms with Crippen molar-refractivity contribution in [2.75, 3.05) is 20.3 Å². The Morgan fingerprint density at radius 2 is 2.14 bits per heavy atom. The van der Waals surface area contributed by atoms with Crippen LogP contribution in [0.2, 0.25) is 0 Å². The van der Waals surface area contributed by atoms with Crippen molar-refractivity contribution in [1.29, 1.82) is 0 Å². The number of rotatable bonds is 6. The van der Waals surface area contributed by atoms with Crippen molar-refractivity contribution in [3.05, 3.63) is 29.3 Å². The summed E-state index contributed by atoms with van der Waals surface area (Å²) in [6.45, 7) is 6.43. The first kappa shape index (κ1) is 15.9. The molecular weight excluding hydrogens is 262 g/mol. The quantitative estimate of drug-likeness (QED) is 0.817. The SMILES string of the molecule is COc1ccc(C#CCO)cc1CN(CC(C)C)C1CC1. The van der Waals surface area contributed by atoms with E-state index in [1.54, 1.807) is 7.11 Å². The minimum absolute atomic E-state index is 0.108. The molecule has 1 fully saturated rings. The van der Waals surface area contributed by atoms with E-state index in [0.29, 0.717) is 5.92 Å². The van der Waals surface area contributed by atoms with Crippen molar-refractivity contribution in [2.24, 2.45) is 5.92 Å². The fraction of sp³-hybridized carbons (Fsp3) is 0.556. The Bertz CT molecular complexity index is 524. The Labute approximate surface area is 127 Å².